The van der Waals surface area contributed by atoms with Gasteiger partial charge in [0.25, 0.3) is 0 Å². The van der Waals surface area contributed by atoms with Gasteiger partial charge in [0.15, 0.2) is 5.65 Å². The maximum atomic E-state index is 11.5. The number of fused-ring (bicyclic) bond motifs is 1. The Morgan fingerprint density at radius 2 is 2.42 bits per heavy atom. The van der Waals surface area contributed by atoms with Gasteiger partial charge in [-0.1, -0.05) is 0 Å². The third kappa shape index (κ3) is 2.03. The zero-order chi connectivity index (χ0) is 13.4. The fourth-order valence-electron chi connectivity index (χ4n) is 2.26. The van der Waals surface area contributed by atoms with Crippen LogP contribution in [0.5, 0.6) is 0 Å². The van der Waals surface area contributed by atoms with Gasteiger partial charge in [0.05, 0.1) is 6.20 Å². The molecule has 3 heterocycles. The Hall–Kier alpha value is -2.44. The van der Waals surface area contributed by atoms with Gasteiger partial charge in [-0.15, -0.1) is 0 Å². The van der Waals surface area contributed by atoms with E-state index < -0.39 is 5.97 Å². The normalized spacial score (nSPS) is 18.7. The predicted molar refractivity (Wildman–Crippen MR) is 64.8 cm³/mol. The minimum Gasteiger partial charge on any atom is -0.477 e. The maximum Gasteiger partial charge on any atom is 0.341 e. The number of hydrogen-bond acceptors (Lipinski definition) is 4. The van der Waals surface area contributed by atoms with Crippen molar-refractivity contribution in [2.45, 2.75) is 12.8 Å². The van der Waals surface area contributed by atoms with Crippen LogP contribution in [-0.4, -0.2) is 38.1 Å². The summed E-state index contributed by atoms with van der Waals surface area (Å²) in [7, 11) is 0. The van der Waals surface area contributed by atoms with Crippen LogP contribution in [0.4, 0.5) is 0 Å². The summed E-state index contributed by atoms with van der Waals surface area (Å²) >= 11 is 0. The second-order valence-corrected chi connectivity index (χ2v) is 4.53. The zero-order valence-corrected chi connectivity index (χ0v) is 10.0. The number of carbonyl (C=O) groups is 2. The molecule has 19 heavy (non-hydrogen) atoms. The molecular weight excluding hydrogens is 248 g/mol. The highest BCUT2D eigenvalue weighted by Crippen LogP contribution is 2.16. The molecule has 2 N–H and O–H groups in total. The summed E-state index contributed by atoms with van der Waals surface area (Å²) in [5.41, 5.74) is 1.08. The lowest BCUT2D eigenvalue weighted by Crippen LogP contribution is -2.20. The predicted octanol–water partition coefficient (Wildman–Crippen LogP) is 0.106. The van der Waals surface area contributed by atoms with E-state index in [1.165, 1.54) is 10.7 Å². The van der Waals surface area contributed by atoms with Crippen LogP contribution in [0.25, 0.3) is 5.65 Å². The molecule has 0 saturated carbocycles. The quantitative estimate of drug-likeness (QED) is 0.816. The fraction of sp³-hybridized carbons (Fsp3) is 0.333. The molecule has 1 amide bonds. The van der Waals surface area contributed by atoms with Crippen LogP contribution in [0, 0.1) is 5.92 Å². The van der Waals surface area contributed by atoms with Crippen LogP contribution in [0.1, 0.15) is 22.5 Å². The number of carboxylic acids is 1. The SMILES string of the molecule is O=C(O)c1cnn2ccc(CC3CCNC3=O)nc12. The van der Waals surface area contributed by atoms with Crippen LogP contribution < -0.4 is 5.32 Å². The van der Waals surface area contributed by atoms with E-state index in [4.69, 9.17) is 5.11 Å². The molecule has 1 saturated heterocycles. The van der Waals surface area contributed by atoms with E-state index in [-0.39, 0.29) is 17.4 Å². The number of carboxylic acid groups (broad SMARTS) is 1. The Bertz CT molecular complexity index is 664. The van der Waals surface area contributed by atoms with Gasteiger partial charge in [0.1, 0.15) is 5.56 Å². The van der Waals surface area contributed by atoms with Crippen LogP contribution in [0.15, 0.2) is 18.5 Å². The van der Waals surface area contributed by atoms with Gasteiger partial charge in [0, 0.05) is 30.8 Å². The summed E-state index contributed by atoms with van der Waals surface area (Å²) in [6.45, 7) is 0.693. The van der Waals surface area contributed by atoms with E-state index in [0.29, 0.717) is 24.3 Å². The van der Waals surface area contributed by atoms with Gasteiger partial charge in [-0.05, 0) is 12.5 Å². The molecule has 1 aliphatic rings. The lowest BCUT2D eigenvalue weighted by molar-refractivity contribution is -0.122. The van der Waals surface area contributed by atoms with Crippen molar-refractivity contribution < 1.29 is 14.7 Å². The molecule has 2 aromatic heterocycles. The number of rotatable bonds is 3. The van der Waals surface area contributed by atoms with E-state index in [1.54, 1.807) is 12.3 Å². The summed E-state index contributed by atoms with van der Waals surface area (Å²) in [6, 6.07) is 1.76. The highest BCUT2D eigenvalue weighted by atomic mass is 16.4. The van der Waals surface area contributed by atoms with Crippen molar-refractivity contribution in [3.05, 3.63) is 29.7 Å². The topological polar surface area (TPSA) is 96.6 Å². The van der Waals surface area contributed by atoms with Gasteiger partial charge in [0.2, 0.25) is 5.91 Å². The Balaban J connectivity index is 1.94. The molecule has 0 spiro atoms. The van der Waals surface area contributed by atoms with Crippen LogP contribution in [0.3, 0.4) is 0 Å². The first kappa shape index (κ1) is 11.6. The summed E-state index contributed by atoms with van der Waals surface area (Å²) in [5.74, 6) is -1.10. The smallest absolute Gasteiger partial charge is 0.341 e. The fourth-order valence-corrected chi connectivity index (χ4v) is 2.26. The lowest BCUT2D eigenvalue weighted by atomic mass is 10.0. The van der Waals surface area contributed by atoms with Crippen LogP contribution >= 0.6 is 0 Å². The van der Waals surface area contributed by atoms with E-state index >= 15 is 0 Å². The number of aromatic carboxylic acids is 1. The summed E-state index contributed by atoms with van der Waals surface area (Å²) in [6.07, 6.45) is 4.25. The molecule has 7 heteroatoms. The average molecular weight is 260 g/mol. The highest BCUT2D eigenvalue weighted by molar-refractivity contribution is 5.94. The van der Waals surface area contributed by atoms with Crippen molar-refractivity contribution in [1.82, 2.24) is 19.9 Å². The minimum atomic E-state index is -1.06. The molecule has 0 bridgehead atoms. The monoisotopic (exact) mass is 260 g/mol. The first-order valence-corrected chi connectivity index (χ1v) is 5.99. The first-order chi connectivity index (χ1) is 9.15. The highest BCUT2D eigenvalue weighted by Gasteiger charge is 2.25. The number of hydrogen-bond donors (Lipinski definition) is 2. The van der Waals surface area contributed by atoms with Crippen molar-refractivity contribution >= 4 is 17.5 Å². The van der Waals surface area contributed by atoms with E-state index in [1.807, 2.05) is 0 Å². The number of amides is 1. The summed E-state index contributed by atoms with van der Waals surface area (Å²) in [5, 5.41) is 15.7. The molecule has 7 nitrogen and oxygen atoms in total. The second kappa shape index (κ2) is 4.34. The maximum absolute atomic E-state index is 11.5. The van der Waals surface area contributed by atoms with Gasteiger partial charge in [-0.25, -0.2) is 14.3 Å². The first-order valence-electron chi connectivity index (χ1n) is 5.99. The van der Waals surface area contributed by atoms with Gasteiger partial charge >= 0.3 is 5.97 Å². The average Bonchev–Trinajstić information content (AvgIpc) is 2.96. The van der Waals surface area contributed by atoms with Crippen molar-refractivity contribution in [1.29, 1.82) is 0 Å². The van der Waals surface area contributed by atoms with Gasteiger partial charge < -0.3 is 10.4 Å². The van der Waals surface area contributed by atoms with E-state index in [9.17, 15) is 9.59 Å². The van der Waals surface area contributed by atoms with E-state index in [2.05, 4.69) is 15.4 Å². The standard InChI is InChI=1S/C12H12N4O3/c17-11-7(1-3-13-11)5-8-2-4-16-10(15-8)9(6-14-16)12(18)19/h2,4,6-7H,1,3,5H2,(H,13,17)(H,18,19). The second-order valence-electron chi connectivity index (χ2n) is 4.53. The molecule has 3 rings (SSSR count). The Morgan fingerprint density at radius 3 is 3.11 bits per heavy atom. The zero-order valence-electron chi connectivity index (χ0n) is 10.0. The minimum absolute atomic E-state index is 0.0358. The molecule has 0 aromatic carbocycles. The van der Waals surface area contributed by atoms with Crippen molar-refractivity contribution in [3.63, 3.8) is 0 Å². The number of aromatic nitrogens is 3. The number of carbonyl (C=O) groups excluding carboxylic acids is 1. The van der Waals surface area contributed by atoms with Gasteiger partial charge in [-0.3, -0.25) is 4.79 Å². The Kier molecular flexibility index (Phi) is 2.66. The molecule has 98 valence electrons. The molecular formula is C12H12N4O3. The number of nitrogens with zero attached hydrogens (tertiary/aromatic N) is 3. The summed E-state index contributed by atoms with van der Waals surface area (Å²) < 4.78 is 1.42. The van der Waals surface area contributed by atoms with Crippen LogP contribution in [0.2, 0.25) is 0 Å². The van der Waals surface area contributed by atoms with E-state index in [0.717, 1.165) is 6.42 Å². The third-order valence-corrected chi connectivity index (χ3v) is 3.28. The Morgan fingerprint density at radius 1 is 1.58 bits per heavy atom. The Labute approximate surface area is 108 Å². The number of nitrogens with one attached hydrogen (secondary N) is 1. The molecule has 0 radical (unpaired) electrons. The lowest BCUT2D eigenvalue weighted by Gasteiger charge is -2.06. The molecule has 1 atom stereocenters. The van der Waals surface area contributed by atoms with Crippen molar-refractivity contribution in [2.24, 2.45) is 5.92 Å². The van der Waals surface area contributed by atoms with Gasteiger partial charge in [-0.2, -0.15) is 5.10 Å². The van der Waals surface area contributed by atoms with Crippen LogP contribution in [-0.2, 0) is 11.2 Å². The summed E-state index contributed by atoms with van der Waals surface area (Å²) in [4.78, 5) is 26.8. The molecule has 0 aliphatic carbocycles. The molecule has 1 aliphatic heterocycles. The molecule has 1 fully saturated rings. The molecule has 2 aromatic rings. The molecule has 1 unspecified atom stereocenters. The van der Waals surface area contributed by atoms with Crippen molar-refractivity contribution in [3.8, 4) is 0 Å². The largest absolute Gasteiger partial charge is 0.477 e. The third-order valence-electron chi connectivity index (χ3n) is 3.28. The van der Waals surface area contributed by atoms with Crippen molar-refractivity contribution in [2.75, 3.05) is 6.54 Å².